The molecule has 1 heterocycles. The smallest absolute Gasteiger partial charge is 0.249 e. The molecule has 0 saturated heterocycles. The molecular weight excluding hydrogens is 414 g/mol. The van der Waals surface area contributed by atoms with Gasteiger partial charge in [0.25, 0.3) is 0 Å². The van der Waals surface area contributed by atoms with Crippen molar-refractivity contribution >= 4 is 33.3 Å². The van der Waals surface area contributed by atoms with Gasteiger partial charge in [-0.3, -0.25) is 14.6 Å². The molecule has 0 aliphatic heterocycles. The summed E-state index contributed by atoms with van der Waals surface area (Å²) < 4.78 is 24.8. The Morgan fingerprint density at radius 2 is 1.72 bits per heavy atom. The van der Waals surface area contributed by atoms with E-state index in [4.69, 9.17) is 23.1 Å². The zero-order valence-electron chi connectivity index (χ0n) is 15.0. The summed E-state index contributed by atoms with van der Waals surface area (Å²) in [5.74, 6) is -2.55. The van der Waals surface area contributed by atoms with Crippen molar-refractivity contribution in [1.82, 2.24) is 4.98 Å². The average Bonchev–Trinajstić information content (AvgIpc) is 2.67. The largest absolute Gasteiger partial charge is 0.369 e. The number of nitrogens with two attached hydrogens (primary N) is 2. The van der Waals surface area contributed by atoms with Gasteiger partial charge in [-0.2, -0.15) is 0 Å². The summed E-state index contributed by atoms with van der Waals surface area (Å²) in [7, 11) is -3.97. The van der Waals surface area contributed by atoms with Crippen LogP contribution in [0.1, 0.15) is 10.4 Å². The highest BCUT2D eigenvalue weighted by atomic mass is 35.5. The van der Waals surface area contributed by atoms with E-state index < -0.39 is 27.4 Å². The Hall–Kier alpha value is -3.23. The van der Waals surface area contributed by atoms with Crippen LogP contribution in [0.4, 0.5) is 0 Å². The topological polar surface area (TPSA) is 133 Å². The summed E-state index contributed by atoms with van der Waals surface area (Å²) in [6.45, 7) is 0. The molecule has 0 atom stereocenters. The summed E-state index contributed by atoms with van der Waals surface area (Å²) in [5, 5.41) is 0.436. The maximum absolute atomic E-state index is 12.4. The summed E-state index contributed by atoms with van der Waals surface area (Å²) >= 11 is 6.30. The molecule has 0 unspecified atom stereocenters. The number of rotatable bonds is 6. The van der Waals surface area contributed by atoms with Crippen LogP contribution in [-0.2, 0) is 14.6 Å². The second kappa shape index (κ2) is 8.02. The van der Waals surface area contributed by atoms with Crippen molar-refractivity contribution in [2.75, 3.05) is 5.75 Å². The lowest BCUT2D eigenvalue weighted by Gasteiger charge is -2.12. The van der Waals surface area contributed by atoms with Crippen LogP contribution >= 0.6 is 11.6 Å². The van der Waals surface area contributed by atoms with E-state index in [-0.39, 0.29) is 16.0 Å². The van der Waals surface area contributed by atoms with Crippen molar-refractivity contribution in [2.24, 2.45) is 11.5 Å². The minimum absolute atomic E-state index is 0.123. The Bertz CT molecular complexity index is 1210. The lowest BCUT2D eigenvalue weighted by Crippen LogP contribution is -2.23. The van der Waals surface area contributed by atoms with Gasteiger partial charge >= 0.3 is 0 Å². The number of amides is 2. The average molecular weight is 430 g/mol. The minimum Gasteiger partial charge on any atom is -0.369 e. The first-order chi connectivity index (χ1) is 13.7. The maximum atomic E-state index is 12.4. The van der Waals surface area contributed by atoms with Gasteiger partial charge in [-0.1, -0.05) is 23.7 Å². The van der Waals surface area contributed by atoms with Crippen molar-refractivity contribution < 1.29 is 18.0 Å². The predicted octanol–water partition coefficient (Wildman–Crippen LogP) is 2.43. The van der Waals surface area contributed by atoms with Gasteiger partial charge in [-0.05, 0) is 53.6 Å². The number of pyridine rings is 1. The molecule has 2 aromatic carbocycles. The molecule has 148 valence electrons. The van der Waals surface area contributed by atoms with Gasteiger partial charge < -0.3 is 11.5 Å². The van der Waals surface area contributed by atoms with Crippen molar-refractivity contribution in [3.63, 3.8) is 0 Å². The molecule has 0 spiro atoms. The third-order valence-corrected chi connectivity index (χ3v) is 6.13. The summed E-state index contributed by atoms with van der Waals surface area (Å²) in [4.78, 5) is 27.1. The number of carbonyl (C=O) groups excluding carboxylic acids is 2. The van der Waals surface area contributed by atoms with E-state index in [1.165, 1.54) is 18.2 Å². The number of benzene rings is 2. The molecule has 4 N–H and O–H groups in total. The number of sulfone groups is 1. The van der Waals surface area contributed by atoms with E-state index in [2.05, 4.69) is 4.98 Å². The Kier molecular flexibility index (Phi) is 5.67. The number of aromatic nitrogens is 1. The zero-order chi connectivity index (χ0) is 21.2. The van der Waals surface area contributed by atoms with Crippen molar-refractivity contribution in [3.05, 3.63) is 71.4 Å². The van der Waals surface area contributed by atoms with Crippen LogP contribution in [0.2, 0.25) is 5.02 Å². The van der Waals surface area contributed by atoms with Crippen LogP contribution in [0.3, 0.4) is 0 Å². The van der Waals surface area contributed by atoms with Gasteiger partial charge in [0, 0.05) is 22.3 Å². The van der Waals surface area contributed by atoms with E-state index in [9.17, 15) is 18.0 Å². The number of halogens is 1. The summed E-state index contributed by atoms with van der Waals surface area (Å²) in [5.41, 5.74) is 12.6. The molecule has 3 rings (SSSR count). The summed E-state index contributed by atoms with van der Waals surface area (Å²) in [6.07, 6.45) is 1.62. The fourth-order valence-corrected chi connectivity index (χ4v) is 4.18. The van der Waals surface area contributed by atoms with Gasteiger partial charge in [0.05, 0.1) is 10.6 Å². The lowest BCUT2D eigenvalue weighted by molar-refractivity contribution is -0.115. The highest BCUT2D eigenvalue weighted by molar-refractivity contribution is 7.92. The Labute approximate surface area is 172 Å². The molecule has 29 heavy (non-hydrogen) atoms. The van der Waals surface area contributed by atoms with Gasteiger partial charge in [-0.15, -0.1) is 0 Å². The van der Waals surface area contributed by atoms with Crippen molar-refractivity contribution in [3.8, 4) is 22.4 Å². The van der Waals surface area contributed by atoms with Crippen LogP contribution in [-0.4, -0.2) is 31.0 Å². The highest BCUT2D eigenvalue weighted by Gasteiger charge is 2.21. The third-order valence-electron chi connectivity index (χ3n) is 4.17. The second-order valence-corrected chi connectivity index (χ2v) is 8.60. The fraction of sp³-hybridized carbons (Fsp3) is 0.0500. The number of nitrogens with zero attached hydrogens (tertiary/aromatic N) is 1. The Morgan fingerprint density at radius 3 is 2.34 bits per heavy atom. The quantitative estimate of drug-likeness (QED) is 0.620. The standard InChI is InChI=1S/C20H16ClN3O4S/c21-17-7-4-12(9-16(17)18-3-1-2-8-24-18)15-10-13(5-6-14(15)20(23)26)29(27,28)11-19(22)25/h1-10H,11H2,(H2,22,25)(H2,23,26). The molecule has 0 aliphatic rings. The molecular formula is C20H16ClN3O4S. The first-order valence-electron chi connectivity index (χ1n) is 8.35. The van der Waals surface area contributed by atoms with E-state index in [1.54, 1.807) is 42.6 Å². The molecule has 0 radical (unpaired) electrons. The minimum atomic E-state index is -3.97. The van der Waals surface area contributed by atoms with Crippen LogP contribution in [0.15, 0.2) is 65.7 Å². The first-order valence-corrected chi connectivity index (χ1v) is 10.4. The molecule has 0 fully saturated rings. The van der Waals surface area contributed by atoms with Crippen molar-refractivity contribution in [2.45, 2.75) is 4.90 Å². The van der Waals surface area contributed by atoms with Crippen LogP contribution in [0, 0.1) is 0 Å². The van der Waals surface area contributed by atoms with Crippen LogP contribution in [0.5, 0.6) is 0 Å². The predicted molar refractivity (Wildman–Crippen MR) is 110 cm³/mol. The Morgan fingerprint density at radius 1 is 0.966 bits per heavy atom. The van der Waals surface area contributed by atoms with Gasteiger partial charge in [0.15, 0.2) is 9.84 Å². The molecule has 0 saturated carbocycles. The van der Waals surface area contributed by atoms with E-state index in [0.717, 1.165) is 0 Å². The normalized spacial score (nSPS) is 11.2. The van der Waals surface area contributed by atoms with E-state index in [1.807, 2.05) is 0 Å². The van der Waals surface area contributed by atoms with Gasteiger partial charge in [0.1, 0.15) is 5.75 Å². The molecule has 2 amide bonds. The zero-order valence-corrected chi connectivity index (χ0v) is 16.6. The molecule has 3 aromatic rings. The van der Waals surface area contributed by atoms with E-state index in [0.29, 0.717) is 21.8 Å². The highest BCUT2D eigenvalue weighted by Crippen LogP contribution is 2.34. The molecule has 9 heteroatoms. The van der Waals surface area contributed by atoms with Crippen molar-refractivity contribution in [1.29, 1.82) is 0 Å². The summed E-state index contributed by atoms with van der Waals surface area (Å²) in [6, 6.07) is 14.1. The molecule has 1 aromatic heterocycles. The fourth-order valence-electron chi connectivity index (χ4n) is 2.85. The lowest BCUT2D eigenvalue weighted by atomic mass is 9.97. The van der Waals surface area contributed by atoms with Gasteiger partial charge in [-0.25, -0.2) is 8.42 Å². The SMILES string of the molecule is NC(=O)CS(=O)(=O)c1ccc(C(N)=O)c(-c2ccc(Cl)c(-c3ccccn3)c2)c1. The molecule has 7 nitrogen and oxygen atoms in total. The Balaban J connectivity index is 2.21. The molecule has 0 bridgehead atoms. The van der Waals surface area contributed by atoms with Gasteiger partial charge in [0.2, 0.25) is 11.8 Å². The van der Waals surface area contributed by atoms with Crippen LogP contribution < -0.4 is 11.5 Å². The first kappa shape index (κ1) is 20.5. The monoisotopic (exact) mass is 429 g/mol. The molecule has 0 aliphatic carbocycles. The number of hydrogen-bond acceptors (Lipinski definition) is 5. The second-order valence-electron chi connectivity index (χ2n) is 6.21. The number of carbonyl (C=O) groups is 2. The van der Waals surface area contributed by atoms with Crippen LogP contribution in [0.25, 0.3) is 22.4 Å². The number of hydrogen-bond donors (Lipinski definition) is 2. The number of primary amides is 2. The maximum Gasteiger partial charge on any atom is 0.249 e. The third kappa shape index (κ3) is 4.44. The van der Waals surface area contributed by atoms with E-state index >= 15 is 0 Å².